The molecule has 138 valence electrons. The molecule has 1 atom stereocenters. The van der Waals surface area contributed by atoms with Gasteiger partial charge in [0, 0.05) is 36.3 Å². The molecule has 0 radical (unpaired) electrons. The lowest BCUT2D eigenvalue weighted by Gasteiger charge is -2.37. The normalized spacial score (nSPS) is 17.1. The van der Waals surface area contributed by atoms with Gasteiger partial charge in [0.05, 0.1) is 24.2 Å². The molecule has 0 saturated carbocycles. The lowest BCUT2D eigenvalue weighted by atomic mass is 10.00. The predicted molar refractivity (Wildman–Crippen MR) is 106 cm³/mol. The smallest absolute Gasteiger partial charge is 0.256 e. The molecule has 2 aromatic carbocycles. The summed E-state index contributed by atoms with van der Waals surface area (Å²) in [6.07, 6.45) is 0. The number of hydrogen-bond donors (Lipinski definition) is 1. The number of hydrogen-bond acceptors (Lipinski definition) is 4. The van der Waals surface area contributed by atoms with Crippen molar-refractivity contribution in [3.63, 3.8) is 0 Å². The zero-order valence-electron chi connectivity index (χ0n) is 15.6. The molecule has 4 rings (SSSR count). The molecule has 1 saturated heterocycles. The first kappa shape index (κ1) is 17.5. The van der Waals surface area contributed by atoms with Crippen molar-refractivity contribution >= 4 is 16.8 Å². The summed E-state index contributed by atoms with van der Waals surface area (Å²) in [5.74, 6) is 0.812. The Morgan fingerprint density at radius 1 is 1.15 bits per heavy atom. The number of carbonyl (C=O) groups excluding carboxylic acids is 1. The average molecular weight is 361 g/mol. The van der Waals surface area contributed by atoms with Gasteiger partial charge in [-0.15, -0.1) is 0 Å². The van der Waals surface area contributed by atoms with Crippen molar-refractivity contribution in [3.8, 4) is 5.75 Å². The highest BCUT2D eigenvalue weighted by Crippen LogP contribution is 2.32. The Kier molecular flexibility index (Phi) is 4.77. The lowest BCUT2D eigenvalue weighted by molar-refractivity contribution is 0.0633. The molecule has 1 N–H and O–H groups in total. The number of piperazine rings is 1. The number of aryl methyl sites for hydroxylation is 1. The van der Waals surface area contributed by atoms with Crippen LogP contribution in [0, 0.1) is 6.92 Å². The van der Waals surface area contributed by atoms with E-state index in [-0.39, 0.29) is 11.9 Å². The molecule has 1 amide bonds. The zero-order chi connectivity index (χ0) is 18.8. The van der Waals surface area contributed by atoms with Gasteiger partial charge in [0.15, 0.2) is 0 Å². The number of nitrogens with zero attached hydrogens (tertiary/aromatic N) is 2. The van der Waals surface area contributed by atoms with Crippen LogP contribution in [-0.4, -0.2) is 42.5 Å². The number of methoxy groups -OCH3 is 1. The molecule has 5 heteroatoms. The third-order valence-corrected chi connectivity index (χ3v) is 5.09. The van der Waals surface area contributed by atoms with E-state index in [1.165, 1.54) is 0 Å². The highest BCUT2D eigenvalue weighted by atomic mass is 16.5. The number of ether oxygens (including phenoxy) is 1. The minimum Gasteiger partial charge on any atom is -0.496 e. The largest absolute Gasteiger partial charge is 0.496 e. The van der Waals surface area contributed by atoms with Gasteiger partial charge in [0.2, 0.25) is 0 Å². The van der Waals surface area contributed by atoms with E-state index in [0.29, 0.717) is 18.7 Å². The van der Waals surface area contributed by atoms with Gasteiger partial charge >= 0.3 is 0 Å². The second-order valence-corrected chi connectivity index (χ2v) is 6.79. The average Bonchev–Trinajstić information content (AvgIpc) is 2.72. The summed E-state index contributed by atoms with van der Waals surface area (Å²) in [6, 6.07) is 17.6. The number of amides is 1. The van der Waals surface area contributed by atoms with E-state index >= 15 is 0 Å². The molecule has 2 heterocycles. The van der Waals surface area contributed by atoms with Gasteiger partial charge in [-0.3, -0.25) is 9.78 Å². The van der Waals surface area contributed by atoms with E-state index in [0.717, 1.165) is 34.5 Å². The van der Waals surface area contributed by atoms with Gasteiger partial charge in [-0.25, -0.2) is 0 Å². The number of para-hydroxylation sites is 2. The third kappa shape index (κ3) is 3.26. The number of benzene rings is 2. The van der Waals surface area contributed by atoms with E-state index in [1.807, 2.05) is 66.4 Å². The molecule has 0 aliphatic carbocycles. The summed E-state index contributed by atoms with van der Waals surface area (Å²) in [5.41, 5.74) is 3.34. The quantitative estimate of drug-likeness (QED) is 0.777. The number of nitrogens with one attached hydrogen (secondary N) is 1. The topological polar surface area (TPSA) is 54.5 Å². The molecule has 1 unspecified atom stereocenters. The van der Waals surface area contributed by atoms with Crippen molar-refractivity contribution in [3.05, 3.63) is 71.4 Å². The van der Waals surface area contributed by atoms with Crippen LogP contribution in [-0.2, 0) is 0 Å². The van der Waals surface area contributed by atoms with Gasteiger partial charge in [-0.2, -0.15) is 0 Å². The third-order valence-electron chi connectivity index (χ3n) is 5.09. The minimum absolute atomic E-state index is 0.0103. The van der Waals surface area contributed by atoms with Crippen molar-refractivity contribution in [1.29, 1.82) is 0 Å². The van der Waals surface area contributed by atoms with Crippen LogP contribution in [0.5, 0.6) is 5.75 Å². The fraction of sp³-hybridized carbons (Fsp3) is 0.273. The molecule has 3 aromatic rings. The Bertz CT molecular complexity index is 986. The molecule has 1 aliphatic rings. The number of carbonyl (C=O) groups is 1. The highest BCUT2D eigenvalue weighted by molar-refractivity contribution is 6.05. The molecular weight excluding hydrogens is 338 g/mol. The van der Waals surface area contributed by atoms with Crippen LogP contribution in [0.2, 0.25) is 0 Å². The predicted octanol–water partition coefficient (Wildman–Crippen LogP) is 3.34. The Labute approximate surface area is 159 Å². The summed E-state index contributed by atoms with van der Waals surface area (Å²) < 4.78 is 5.54. The molecule has 5 nitrogen and oxygen atoms in total. The van der Waals surface area contributed by atoms with Gasteiger partial charge in [0.25, 0.3) is 5.91 Å². The molecule has 27 heavy (non-hydrogen) atoms. The molecular formula is C22H23N3O2. The standard InChI is InChI=1S/C22H23N3O2/c1-15-10-11-16-6-5-8-18(21(16)24-15)22(26)25-13-12-23-14-19(25)17-7-3-4-9-20(17)27-2/h3-11,19,23H,12-14H2,1-2H3. The van der Waals surface area contributed by atoms with Gasteiger partial charge in [-0.05, 0) is 25.1 Å². The van der Waals surface area contributed by atoms with Crippen LogP contribution >= 0.6 is 0 Å². The first-order valence-corrected chi connectivity index (χ1v) is 9.20. The molecule has 1 aromatic heterocycles. The van der Waals surface area contributed by atoms with Crippen molar-refractivity contribution in [2.75, 3.05) is 26.7 Å². The molecule has 1 fully saturated rings. The summed E-state index contributed by atoms with van der Waals surface area (Å²) in [6.45, 7) is 4.06. The summed E-state index contributed by atoms with van der Waals surface area (Å²) in [5, 5.41) is 4.38. The number of fused-ring (bicyclic) bond motifs is 1. The zero-order valence-corrected chi connectivity index (χ0v) is 15.6. The van der Waals surface area contributed by atoms with Gasteiger partial charge < -0.3 is 15.0 Å². The molecule has 0 spiro atoms. The maximum absolute atomic E-state index is 13.5. The van der Waals surface area contributed by atoms with Crippen LogP contribution in [0.15, 0.2) is 54.6 Å². The Morgan fingerprint density at radius 2 is 2.00 bits per heavy atom. The first-order valence-electron chi connectivity index (χ1n) is 9.20. The first-order chi connectivity index (χ1) is 13.2. The summed E-state index contributed by atoms with van der Waals surface area (Å²) >= 11 is 0. The van der Waals surface area contributed by atoms with Crippen molar-refractivity contribution in [1.82, 2.24) is 15.2 Å². The maximum Gasteiger partial charge on any atom is 0.256 e. The fourth-order valence-electron chi connectivity index (χ4n) is 3.74. The van der Waals surface area contributed by atoms with Crippen LogP contribution in [0.3, 0.4) is 0 Å². The SMILES string of the molecule is COc1ccccc1C1CNCCN1C(=O)c1cccc2ccc(C)nc12. The number of pyridine rings is 1. The van der Waals surface area contributed by atoms with E-state index in [2.05, 4.69) is 10.3 Å². The van der Waals surface area contributed by atoms with Crippen LogP contribution in [0.1, 0.15) is 27.7 Å². The maximum atomic E-state index is 13.5. The Morgan fingerprint density at radius 3 is 2.85 bits per heavy atom. The highest BCUT2D eigenvalue weighted by Gasteiger charge is 2.31. The minimum atomic E-state index is -0.0811. The summed E-state index contributed by atoms with van der Waals surface area (Å²) in [7, 11) is 1.67. The van der Waals surface area contributed by atoms with Gasteiger partial charge in [-0.1, -0.05) is 36.4 Å². The van der Waals surface area contributed by atoms with Gasteiger partial charge in [0.1, 0.15) is 5.75 Å². The second-order valence-electron chi connectivity index (χ2n) is 6.79. The van der Waals surface area contributed by atoms with Crippen molar-refractivity contribution in [2.24, 2.45) is 0 Å². The van der Waals surface area contributed by atoms with E-state index < -0.39 is 0 Å². The Balaban J connectivity index is 1.77. The van der Waals surface area contributed by atoms with E-state index in [1.54, 1.807) is 7.11 Å². The van der Waals surface area contributed by atoms with E-state index in [4.69, 9.17) is 4.74 Å². The molecule has 1 aliphatic heterocycles. The van der Waals surface area contributed by atoms with Crippen molar-refractivity contribution < 1.29 is 9.53 Å². The van der Waals surface area contributed by atoms with Crippen molar-refractivity contribution in [2.45, 2.75) is 13.0 Å². The number of rotatable bonds is 3. The van der Waals surface area contributed by atoms with Crippen LogP contribution < -0.4 is 10.1 Å². The Hall–Kier alpha value is -2.92. The van der Waals surface area contributed by atoms with E-state index in [9.17, 15) is 4.79 Å². The monoisotopic (exact) mass is 361 g/mol. The second kappa shape index (κ2) is 7.37. The summed E-state index contributed by atoms with van der Waals surface area (Å²) in [4.78, 5) is 20.1. The lowest BCUT2D eigenvalue weighted by Crippen LogP contribution is -2.48. The van der Waals surface area contributed by atoms with Crippen LogP contribution in [0.4, 0.5) is 0 Å². The molecule has 0 bridgehead atoms. The van der Waals surface area contributed by atoms with Crippen LogP contribution in [0.25, 0.3) is 10.9 Å². The fourth-order valence-corrected chi connectivity index (χ4v) is 3.74. The number of aromatic nitrogens is 1.